The summed E-state index contributed by atoms with van der Waals surface area (Å²) in [7, 11) is 1.82. The Labute approximate surface area is 182 Å². The lowest BCUT2D eigenvalue weighted by Gasteiger charge is -2.09. The average Bonchev–Trinajstić information content (AvgIpc) is 3.06. The molecular formula is C25H26N2O2S. The van der Waals surface area contributed by atoms with Gasteiger partial charge in [0.05, 0.1) is 12.2 Å². The topological polar surface area (TPSA) is 55.0 Å². The van der Waals surface area contributed by atoms with Crippen molar-refractivity contribution in [1.29, 1.82) is 5.26 Å². The summed E-state index contributed by atoms with van der Waals surface area (Å²) in [6, 6.07) is 18.9. The van der Waals surface area contributed by atoms with Crippen molar-refractivity contribution >= 4 is 17.7 Å². The Morgan fingerprint density at radius 3 is 2.10 bits per heavy atom. The van der Waals surface area contributed by atoms with Gasteiger partial charge in [0.15, 0.2) is 0 Å². The van der Waals surface area contributed by atoms with E-state index in [-0.39, 0.29) is 0 Å². The molecule has 0 spiro atoms. The third-order valence-electron chi connectivity index (χ3n) is 5.14. The van der Waals surface area contributed by atoms with Crippen molar-refractivity contribution in [3.05, 3.63) is 71.0 Å². The van der Waals surface area contributed by atoms with Crippen molar-refractivity contribution in [3.8, 4) is 17.2 Å². The van der Waals surface area contributed by atoms with Crippen molar-refractivity contribution in [3.63, 3.8) is 0 Å². The molecule has 3 rings (SSSR count). The van der Waals surface area contributed by atoms with Crippen molar-refractivity contribution in [1.82, 2.24) is 4.57 Å². The Hall–Kier alpha value is -2.97. The molecule has 3 aromatic rings. The monoisotopic (exact) mass is 418 g/mol. The molecule has 0 saturated carbocycles. The van der Waals surface area contributed by atoms with E-state index < -0.39 is 5.97 Å². The molecule has 1 aromatic heterocycles. The molecule has 0 fully saturated rings. The Morgan fingerprint density at radius 2 is 1.60 bits per heavy atom. The van der Waals surface area contributed by atoms with Crippen LogP contribution in [0, 0.1) is 11.3 Å². The number of benzene rings is 2. The molecule has 5 heteroatoms. The number of ether oxygens (including phenoxy) is 1. The van der Waals surface area contributed by atoms with Crippen LogP contribution in [0.3, 0.4) is 0 Å². The molecule has 0 aliphatic carbocycles. The van der Waals surface area contributed by atoms with Crippen LogP contribution in [0.1, 0.15) is 48.1 Å². The summed E-state index contributed by atoms with van der Waals surface area (Å²) in [5.74, 6) is -0.402. The zero-order valence-corrected chi connectivity index (χ0v) is 18.7. The van der Waals surface area contributed by atoms with Gasteiger partial charge in [-0.15, -0.1) is 0 Å². The molecule has 0 aliphatic heterocycles. The lowest BCUT2D eigenvalue weighted by Crippen LogP contribution is -2.12. The van der Waals surface area contributed by atoms with E-state index in [1.54, 1.807) is 23.3 Å². The number of aromatic nitrogens is 1. The fraction of sp³-hybridized carbons (Fsp3) is 0.280. The largest absolute Gasteiger partial charge is 0.461 e. The molecule has 1 heterocycles. The minimum atomic E-state index is -0.402. The molecule has 0 radical (unpaired) electrons. The van der Waals surface area contributed by atoms with E-state index in [0.29, 0.717) is 29.8 Å². The van der Waals surface area contributed by atoms with Crippen LogP contribution in [0.2, 0.25) is 0 Å². The molecule has 0 N–H and O–H groups in total. The van der Waals surface area contributed by atoms with Crippen molar-refractivity contribution in [2.75, 3.05) is 6.61 Å². The van der Waals surface area contributed by atoms with Crippen LogP contribution in [-0.2, 0) is 24.6 Å². The number of hydrogen-bond acceptors (Lipinski definition) is 4. The van der Waals surface area contributed by atoms with Crippen LogP contribution >= 0.6 is 11.8 Å². The number of aryl methyl sites for hydroxylation is 1. The van der Waals surface area contributed by atoms with Crippen LogP contribution < -0.4 is 0 Å². The number of hydrogen-bond donors (Lipinski definition) is 0. The van der Waals surface area contributed by atoms with Gasteiger partial charge in [-0.1, -0.05) is 49.9 Å². The first kappa shape index (κ1) is 21.7. The second-order valence-electron chi connectivity index (χ2n) is 6.91. The maximum absolute atomic E-state index is 12.7. The standard InChI is InChI=1S/C25H26N2O2S/c1-5-17-8-12-19(13-9-17)30-20-14-10-18(11-15-20)23-21(16-26)22(6-2)27(4)24(23)25(28)29-7-3/h8-15H,5-7H2,1-4H3. The highest BCUT2D eigenvalue weighted by atomic mass is 32.2. The number of carbonyl (C=O) groups excluding carboxylic acids is 1. The Balaban J connectivity index is 1.98. The molecule has 0 saturated heterocycles. The Morgan fingerprint density at radius 1 is 1.00 bits per heavy atom. The fourth-order valence-electron chi connectivity index (χ4n) is 3.61. The van der Waals surface area contributed by atoms with Gasteiger partial charge in [0.25, 0.3) is 0 Å². The van der Waals surface area contributed by atoms with Gasteiger partial charge >= 0.3 is 5.97 Å². The van der Waals surface area contributed by atoms with E-state index in [0.717, 1.165) is 22.6 Å². The van der Waals surface area contributed by atoms with Crippen molar-refractivity contribution in [2.24, 2.45) is 7.05 Å². The summed E-state index contributed by atoms with van der Waals surface area (Å²) in [5.41, 5.74) is 4.63. The first-order chi connectivity index (χ1) is 14.5. The third kappa shape index (κ3) is 4.29. The number of nitriles is 1. The minimum absolute atomic E-state index is 0.291. The lowest BCUT2D eigenvalue weighted by atomic mass is 10.00. The second-order valence-corrected chi connectivity index (χ2v) is 8.06. The summed E-state index contributed by atoms with van der Waals surface area (Å²) in [6.45, 7) is 6.21. The first-order valence-electron chi connectivity index (χ1n) is 10.2. The van der Waals surface area contributed by atoms with Gasteiger partial charge < -0.3 is 9.30 Å². The summed E-state index contributed by atoms with van der Waals surface area (Å²) in [6.07, 6.45) is 1.69. The van der Waals surface area contributed by atoms with Crippen molar-refractivity contribution < 1.29 is 9.53 Å². The smallest absolute Gasteiger partial charge is 0.355 e. The fourth-order valence-corrected chi connectivity index (χ4v) is 4.42. The number of nitrogens with zero attached hydrogens (tertiary/aromatic N) is 2. The molecule has 0 amide bonds. The highest BCUT2D eigenvalue weighted by Crippen LogP contribution is 2.35. The third-order valence-corrected chi connectivity index (χ3v) is 6.16. The molecule has 2 aromatic carbocycles. The number of esters is 1. The Bertz CT molecular complexity index is 1070. The maximum Gasteiger partial charge on any atom is 0.355 e. The zero-order chi connectivity index (χ0) is 21.7. The van der Waals surface area contributed by atoms with Gasteiger partial charge in [0.1, 0.15) is 11.8 Å². The van der Waals surface area contributed by atoms with E-state index in [1.165, 1.54) is 10.5 Å². The summed E-state index contributed by atoms with van der Waals surface area (Å²) < 4.78 is 7.07. The number of carbonyl (C=O) groups is 1. The van der Waals surface area contributed by atoms with Crippen molar-refractivity contribution in [2.45, 2.75) is 43.4 Å². The molecular weight excluding hydrogens is 392 g/mol. The van der Waals surface area contributed by atoms with Crippen LogP contribution in [-0.4, -0.2) is 17.1 Å². The van der Waals surface area contributed by atoms with E-state index in [4.69, 9.17) is 4.74 Å². The quantitative estimate of drug-likeness (QED) is 0.441. The van der Waals surface area contributed by atoms with Gasteiger partial charge in [-0.3, -0.25) is 0 Å². The summed E-state index contributed by atoms with van der Waals surface area (Å²) in [5, 5.41) is 9.81. The molecule has 4 nitrogen and oxygen atoms in total. The van der Waals surface area contributed by atoms with E-state index in [2.05, 4.69) is 37.3 Å². The van der Waals surface area contributed by atoms with Gasteiger partial charge in [-0.25, -0.2) is 4.79 Å². The van der Waals surface area contributed by atoms with Crippen LogP contribution in [0.5, 0.6) is 0 Å². The van der Waals surface area contributed by atoms with Crippen LogP contribution in [0.25, 0.3) is 11.1 Å². The molecule has 0 unspecified atom stereocenters. The molecule has 0 aliphatic rings. The summed E-state index contributed by atoms with van der Waals surface area (Å²) in [4.78, 5) is 14.9. The van der Waals surface area contributed by atoms with Gasteiger partial charge in [0.2, 0.25) is 0 Å². The van der Waals surface area contributed by atoms with Gasteiger partial charge in [0, 0.05) is 28.1 Å². The summed E-state index contributed by atoms with van der Waals surface area (Å²) >= 11 is 1.69. The van der Waals surface area contributed by atoms with E-state index >= 15 is 0 Å². The van der Waals surface area contributed by atoms with E-state index in [1.807, 2.05) is 38.2 Å². The SMILES string of the molecule is CCOC(=O)c1c(-c2ccc(Sc3ccc(CC)cc3)cc2)c(C#N)c(CC)n1C. The molecule has 0 bridgehead atoms. The molecule has 154 valence electrons. The van der Waals surface area contributed by atoms with Gasteiger partial charge in [-0.2, -0.15) is 5.26 Å². The highest BCUT2D eigenvalue weighted by Gasteiger charge is 2.26. The van der Waals surface area contributed by atoms with Gasteiger partial charge in [-0.05, 0) is 55.2 Å². The normalized spacial score (nSPS) is 10.6. The van der Waals surface area contributed by atoms with Crippen LogP contribution in [0.4, 0.5) is 0 Å². The lowest BCUT2D eigenvalue weighted by molar-refractivity contribution is 0.0516. The highest BCUT2D eigenvalue weighted by molar-refractivity contribution is 7.99. The predicted molar refractivity (Wildman–Crippen MR) is 121 cm³/mol. The second kappa shape index (κ2) is 9.69. The Kier molecular flexibility index (Phi) is 7.02. The minimum Gasteiger partial charge on any atom is -0.461 e. The predicted octanol–water partition coefficient (Wildman–Crippen LogP) is 6.02. The molecule has 0 atom stereocenters. The van der Waals surface area contributed by atoms with Crippen LogP contribution in [0.15, 0.2) is 58.3 Å². The number of rotatable bonds is 7. The average molecular weight is 419 g/mol. The zero-order valence-electron chi connectivity index (χ0n) is 17.9. The van der Waals surface area contributed by atoms with E-state index in [9.17, 15) is 10.1 Å². The maximum atomic E-state index is 12.7. The molecule has 30 heavy (non-hydrogen) atoms. The first-order valence-corrected chi connectivity index (χ1v) is 11.0.